The van der Waals surface area contributed by atoms with Crippen LogP contribution < -0.4 is 10.9 Å². The standard InChI is InChI=1S/C13H21ClN4O/c1-3-6-18-13(19)12(14)11(9-16-18)15-8-10-5-4-7-17(10)2/h9-10,15H,3-8H2,1-2H3. The van der Waals surface area contributed by atoms with Crippen LogP contribution in [-0.2, 0) is 6.54 Å². The van der Waals surface area contributed by atoms with E-state index in [1.807, 2.05) is 6.92 Å². The third kappa shape index (κ3) is 3.28. The van der Waals surface area contributed by atoms with Gasteiger partial charge in [-0.3, -0.25) is 4.79 Å². The quantitative estimate of drug-likeness (QED) is 0.896. The van der Waals surface area contributed by atoms with Crippen molar-refractivity contribution in [2.45, 2.75) is 38.8 Å². The van der Waals surface area contributed by atoms with Crippen molar-refractivity contribution in [1.82, 2.24) is 14.7 Å². The minimum absolute atomic E-state index is 0.215. The molecule has 0 aromatic carbocycles. The summed E-state index contributed by atoms with van der Waals surface area (Å²) < 4.78 is 1.41. The largest absolute Gasteiger partial charge is 0.381 e. The second-order valence-corrected chi connectivity index (χ2v) is 5.44. The van der Waals surface area contributed by atoms with Crippen LogP contribution in [0.5, 0.6) is 0 Å². The monoisotopic (exact) mass is 284 g/mol. The van der Waals surface area contributed by atoms with E-state index in [0.29, 0.717) is 18.3 Å². The van der Waals surface area contributed by atoms with Gasteiger partial charge >= 0.3 is 0 Å². The van der Waals surface area contributed by atoms with Crippen molar-refractivity contribution in [3.8, 4) is 0 Å². The van der Waals surface area contributed by atoms with Gasteiger partial charge < -0.3 is 10.2 Å². The van der Waals surface area contributed by atoms with E-state index in [1.54, 1.807) is 6.20 Å². The lowest BCUT2D eigenvalue weighted by molar-refractivity contribution is 0.322. The Balaban J connectivity index is 2.04. The van der Waals surface area contributed by atoms with Gasteiger partial charge in [-0.1, -0.05) is 18.5 Å². The molecule has 1 atom stereocenters. The molecule has 0 spiro atoms. The predicted molar refractivity (Wildman–Crippen MR) is 77.9 cm³/mol. The SMILES string of the molecule is CCCn1ncc(NCC2CCCN2C)c(Cl)c1=O. The van der Waals surface area contributed by atoms with Crippen LogP contribution in [0.25, 0.3) is 0 Å². The Bertz CT molecular complexity index is 488. The summed E-state index contributed by atoms with van der Waals surface area (Å²) >= 11 is 6.11. The Kier molecular flexibility index (Phi) is 4.82. The van der Waals surface area contributed by atoms with Crippen LogP contribution in [0.15, 0.2) is 11.0 Å². The van der Waals surface area contributed by atoms with Gasteiger partial charge in [-0.15, -0.1) is 0 Å². The molecule has 6 heteroatoms. The molecule has 1 unspecified atom stereocenters. The van der Waals surface area contributed by atoms with Gasteiger partial charge in [0, 0.05) is 19.1 Å². The third-order valence-corrected chi connectivity index (χ3v) is 3.99. The van der Waals surface area contributed by atoms with E-state index in [0.717, 1.165) is 19.5 Å². The molecule has 1 aliphatic heterocycles. The number of hydrogen-bond acceptors (Lipinski definition) is 4. The second-order valence-electron chi connectivity index (χ2n) is 5.06. The van der Waals surface area contributed by atoms with Gasteiger partial charge in [0.25, 0.3) is 5.56 Å². The Hall–Kier alpha value is -1.07. The van der Waals surface area contributed by atoms with Gasteiger partial charge in [-0.05, 0) is 32.9 Å². The Morgan fingerprint density at radius 1 is 1.58 bits per heavy atom. The lowest BCUT2D eigenvalue weighted by Gasteiger charge is -2.20. The molecule has 0 bridgehead atoms. The summed E-state index contributed by atoms with van der Waals surface area (Å²) in [6, 6.07) is 0.508. The van der Waals surface area contributed by atoms with Gasteiger partial charge in [0.15, 0.2) is 0 Å². The van der Waals surface area contributed by atoms with Gasteiger partial charge in [-0.2, -0.15) is 5.10 Å². The average molecular weight is 285 g/mol. The molecule has 106 valence electrons. The number of aromatic nitrogens is 2. The van der Waals surface area contributed by atoms with Gasteiger partial charge in [0.1, 0.15) is 5.02 Å². The van der Waals surface area contributed by atoms with Crippen LogP contribution in [0.4, 0.5) is 5.69 Å². The molecule has 1 aromatic heterocycles. The lowest BCUT2D eigenvalue weighted by Crippen LogP contribution is -2.32. The molecule has 1 fully saturated rings. The highest BCUT2D eigenvalue weighted by atomic mass is 35.5. The first kappa shape index (κ1) is 14.3. The van der Waals surface area contributed by atoms with Crippen molar-refractivity contribution < 1.29 is 0 Å². The number of halogens is 1. The van der Waals surface area contributed by atoms with Crippen molar-refractivity contribution in [2.75, 3.05) is 25.5 Å². The maximum Gasteiger partial charge on any atom is 0.287 e. The van der Waals surface area contributed by atoms with Crippen molar-refractivity contribution in [2.24, 2.45) is 0 Å². The number of nitrogens with one attached hydrogen (secondary N) is 1. The van der Waals surface area contributed by atoms with E-state index < -0.39 is 0 Å². The number of aryl methyl sites for hydroxylation is 1. The summed E-state index contributed by atoms with van der Waals surface area (Å²) in [6.07, 6.45) is 4.92. The van der Waals surface area contributed by atoms with E-state index in [2.05, 4.69) is 22.4 Å². The van der Waals surface area contributed by atoms with Gasteiger partial charge in [0.2, 0.25) is 0 Å². The zero-order valence-corrected chi connectivity index (χ0v) is 12.3. The van der Waals surface area contributed by atoms with E-state index >= 15 is 0 Å². The van der Waals surface area contributed by atoms with Crippen molar-refractivity contribution >= 4 is 17.3 Å². The number of rotatable bonds is 5. The maximum atomic E-state index is 12.0. The number of hydrogen-bond donors (Lipinski definition) is 1. The van der Waals surface area contributed by atoms with E-state index in [-0.39, 0.29) is 10.6 Å². The number of likely N-dealkylation sites (tertiary alicyclic amines) is 1. The van der Waals surface area contributed by atoms with Crippen LogP contribution in [0.3, 0.4) is 0 Å². The fourth-order valence-corrected chi connectivity index (χ4v) is 2.64. The molecule has 2 heterocycles. The molecule has 2 rings (SSSR count). The zero-order valence-electron chi connectivity index (χ0n) is 11.5. The molecule has 0 saturated carbocycles. The molecule has 0 radical (unpaired) electrons. The van der Waals surface area contributed by atoms with E-state index in [1.165, 1.54) is 17.5 Å². The maximum absolute atomic E-state index is 12.0. The number of anilines is 1. The summed E-state index contributed by atoms with van der Waals surface area (Å²) in [4.78, 5) is 14.3. The van der Waals surface area contributed by atoms with Gasteiger partial charge in [-0.25, -0.2) is 4.68 Å². The molecular formula is C13H21ClN4O. The number of likely N-dealkylation sites (N-methyl/N-ethyl adjacent to an activating group) is 1. The first-order chi connectivity index (χ1) is 9.13. The number of nitrogens with zero attached hydrogens (tertiary/aromatic N) is 3. The van der Waals surface area contributed by atoms with Crippen LogP contribution in [0.2, 0.25) is 5.02 Å². The molecule has 1 saturated heterocycles. The molecule has 5 nitrogen and oxygen atoms in total. The summed E-state index contributed by atoms with van der Waals surface area (Å²) in [5.74, 6) is 0. The van der Waals surface area contributed by atoms with Crippen molar-refractivity contribution in [3.63, 3.8) is 0 Å². The zero-order chi connectivity index (χ0) is 13.8. The first-order valence-electron chi connectivity index (χ1n) is 6.83. The third-order valence-electron chi connectivity index (χ3n) is 3.62. The molecule has 1 aliphatic rings. The highest BCUT2D eigenvalue weighted by molar-refractivity contribution is 6.32. The minimum Gasteiger partial charge on any atom is -0.381 e. The molecule has 19 heavy (non-hydrogen) atoms. The Morgan fingerprint density at radius 2 is 2.37 bits per heavy atom. The molecule has 1 aromatic rings. The summed E-state index contributed by atoms with van der Waals surface area (Å²) in [5, 5.41) is 7.62. The molecule has 0 amide bonds. The Labute approximate surface area is 118 Å². The fraction of sp³-hybridized carbons (Fsp3) is 0.692. The second kappa shape index (κ2) is 6.39. The average Bonchev–Trinajstić information content (AvgIpc) is 2.80. The van der Waals surface area contributed by atoms with E-state index in [9.17, 15) is 4.79 Å². The fourth-order valence-electron chi connectivity index (χ4n) is 2.42. The molecule has 1 N–H and O–H groups in total. The van der Waals surface area contributed by atoms with Crippen LogP contribution in [-0.4, -0.2) is 40.9 Å². The Morgan fingerprint density at radius 3 is 3.00 bits per heavy atom. The van der Waals surface area contributed by atoms with Gasteiger partial charge in [0.05, 0.1) is 11.9 Å². The first-order valence-corrected chi connectivity index (χ1v) is 7.21. The van der Waals surface area contributed by atoms with Crippen LogP contribution in [0, 0.1) is 0 Å². The van der Waals surface area contributed by atoms with Crippen LogP contribution in [0.1, 0.15) is 26.2 Å². The van der Waals surface area contributed by atoms with Crippen molar-refractivity contribution in [1.29, 1.82) is 0 Å². The molecular weight excluding hydrogens is 264 g/mol. The summed E-state index contributed by atoms with van der Waals surface area (Å²) in [7, 11) is 2.12. The topological polar surface area (TPSA) is 50.2 Å². The summed E-state index contributed by atoms with van der Waals surface area (Å²) in [6.45, 7) is 4.54. The smallest absolute Gasteiger partial charge is 0.287 e. The lowest BCUT2D eigenvalue weighted by atomic mass is 10.2. The summed E-state index contributed by atoms with van der Waals surface area (Å²) in [5.41, 5.74) is 0.424. The normalized spacial score (nSPS) is 19.8. The van der Waals surface area contributed by atoms with E-state index in [4.69, 9.17) is 11.6 Å². The van der Waals surface area contributed by atoms with Crippen molar-refractivity contribution in [3.05, 3.63) is 21.6 Å². The highest BCUT2D eigenvalue weighted by Crippen LogP contribution is 2.19. The predicted octanol–water partition coefficient (Wildman–Crippen LogP) is 1.81. The van der Waals surface area contributed by atoms with Crippen LogP contribution >= 0.6 is 11.6 Å². The molecule has 0 aliphatic carbocycles. The highest BCUT2D eigenvalue weighted by Gasteiger charge is 2.20. The minimum atomic E-state index is -0.215.